The van der Waals surface area contributed by atoms with Crippen LogP contribution in [0.4, 0.5) is 23.2 Å². The van der Waals surface area contributed by atoms with Crippen LogP contribution in [0.2, 0.25) is 0 Å². The summed E-state index contributed by atoms with van der Waals surface area (Å²) in [5, 5.41) is 3.11. The third-order valence-electron chi connectivity index (χ3n) is 3.07. The summed E-state index contributed by atoms with van der Waals surface area (Å²) in [5.41, 5.74) is -1.55. The van der Waals surface area contributed by atoms with E-state index in [-0.39, 0.29) is 5.69 Å². The summed E-state index contributed by atoms with van der Waals surface area (Å²) in [6, 6.07) is 5.65. The number of halogens is 4. The monoisotopic (exact) mass is 340 g/mol. The van der Waals surface area contributed by atoms with Gasteiger partial charge in [0.15, 0.2) is 0 Å². The fourth-order valence-corrected chi connectivity index (χ4v) is 2.93. The number of hydrogen-bond donors (Lipinski definition) is 1. The molecule has 3 rings (SSSR count). The molecule has 0 atom stereocenters. The van der Waals surface area contributed by atoms with Gasteiger partial charge in [-0.1, -0.05) is 0 Å². The van der Waals surface area contributed by atoms with Crippen LogP contribution in [0.5, 0.6) is 0 Å². The van der Waals surface area contributed by atoms with E-state index in [9.17, 15) is 22.4 Å². The number of pyridine rings is 1. The summed E-state index contributed by atoms with van der Waals surface area (Å²) in [6.07, 6.45) is -1.66. The minimum Gasteiger partial charge on any atom is -0.321 e. The van der Waals surface area contributed by atoms with E-state index in [0.717, 1.165) is 16.2 Å². The van der Waals surface area contributed by atoms with Crippen molar-refractivity contribution >= 4 is 33.0 Å². The van der Waals surface area contributed by atoms with Gasteiger partial charge in [0.05, 0.1) is 10.4 Å². The number of thiophene rings is 1. The lowest BCUT2D eigenvalue weighted by molar-refractivity contribution is -0.139. The molecule has 0 aliphatic rings. The molecule has 23 heavy (non-hydrogen) atoms. The Morgan fingerprint density at radius 2 is 1.96 bits per heavy atom. The molecule has 1 amide bonds. The zero-order valence-electron chi connectivity index (χ0n) is 11.3. The lowest BCUT2D eigenvalue weighted by Gasteiger charge is -2.10. The molecule has 0 saturated carbocycles. The van der Waals surface area contributed by atoms with Crippen molar-refractivity contribution in [2.75, 3.05) is 5.32 Å². The second kappa shape index (κ2) is 5.62. The molecule has 118 valence electrons. The molecule has 0 bridgehead atoms. The number of benzene rings is 1. The number of fused-ring (bicyclic) bond motifs is 1. The summed E-state index contributed by atoms with van der Waals surface area (Å²) < 4.78 is 52.1. The third-order valence-corrected chi connectivity index (χ3v) is 4.18. The molecule has 2 heterocycles. The van der Waals surface area contributed by atoms with Crippen molar-refractivity contribution in [3.63, 3.8) is 0 Å². The molecule has 1 N–H and O–H groups in total. The first-order valence-electron chi connectivity index (χ1n) is 6.36. The van der Waals surface area contributed by atoms with Gasteiger partial charge in [-0.15, -0.1) is 11.3 Å². The van der Waals surface area contributed by atoms with Crippen molar-refractivity contribution in [2.45, 2.75) is 6.18 Å². The average Bonchev–Trinajstić information content (AvgIpc) is 2.92. The lowest BCUT2D eigenvalue weighted by Crippen LogP contribution is -2.13. The van der Waals surface area contributed by atoms with Crippen LogP contribution in [-0.4, -0.2) is 10.9 Å². The second-order valence-electron chi connectivity index (χ2n) is 4.67. The van der Waals surface area contributed by atoms with Crippen molar-refractivity contribution in [1.82, 2.24) is 4.98 Å². The highest BCUT2D eigenvalue weighted by molar-refractivity contribution is 7.20. The Morgan fingerprint density at radius 1 is 1.17 bits per heavy atom. The smallest absolute Gasteiger partial charge is 0.321 e. The van der Waals surface area contributed by atoms with Gasteiger partial charge in [-0.2, -0.15) is 13.2 Å². The first-order valence-corrected chi connectivity index (χ1v) is 7.18. The molecule has 3 aromatic rings. The average molecular weight is 340 g/mol. The highest BCUT2D eigenvalue weighted by Gasteiger charge is 2.34. The van der Waals surface area contributed by atoms with Gasteiger partial charge < -0.3 is 5.32 Å². The van der Waals surface area contributed by atoms with Crippen molar-refractivity contribution in [1.29, 1.82) is 0 Å². The van der Waals surface area contributed by atoms with E-state index in [2.05, 4.69) is 10.3 Å². The molecular weight excluding hydrogens is 332 g/mol. The molecule has 0 saturated heterocycles. The number of carbonyl (C=O) groups is 1. The summed E-state index contributed by atoms with van der Waals surface area (Å²) in [6.45, 7) is 0. The van der Waals surface area contributed by atoms with Gasteiger partial charge in [0.1, 0.15) is 5.82 Å². The quantitative estimate of drug-likeness (QED) is 0.687. The number of hydrogen-bond acceptors (Lipinski definition) is 3. The van der Waals surface area contributed by atoms with Gasteiger partial charge in [-0.05, 0) is 30.3 Å². The number of anilines is 1. The van der Waals surface area contributed by atoms with E-state index in [1.165, 1.54) is 11.3 Å². The van der Waals surface area contributed by atoms with E-state index >= 15 is 0 Å². The largest absolute Gasteiger partial charge is 0.419 e. The SMILES string of the molecule is O=C(Nc1ccc(F)c(C(F)(F)F)c1)c1cc2cnccc2s1. The highest BCUT2D eigenvalue weighted by atomic mass is 32.1. The Labute approximate surface area is 131 Å². The minimum atomic E-state index is -4.83. The number of nitrogens with zero attached hydrogens (tertiary/aromatic N) is 1. The van der Waals surface area contributed by atoms with Gasteiger partial charge in [-0.3, -0.25) is 9.78 Å². The molecule has 0 radical (unpaired) electrons. The van der Waals surface area contributed by atoms with Crippen molar-refractivity contribution in [2.24, 2.45) is 0 Å². The molecule has 0 fully saturated rings. The van der Waals surface area contributed by atoms with Gasteiger partial charge in [0.25, 0.3) is 5.91 Å². The van der Waals surface area contributed by atoms with Crippen molar-refractivity contribution < 1.29 is 22.4 Å². The van der Waals surface area contributed by atoms with Crippen molar-refractivity contribution in [3.8, 4) is 0 Å². The summed E-state index contributed by atoms with van der Waals surface area (Å²) >= 11 is 1.19. The van der Waals surface area contributed by atoms with Crippen LogP contribution in [-0.2, 0) is 6.18 Å². The maximum Gasteiger partial charge on any atom is 0.419 e. The Hall–Kier alpha value is -2.48. The highest BCUT2D eigenvalue weighted by Crippen LogP contribution is 2.33. The summed E-state index contributed by atoms with van der Waals surface area (Å²) in [5.74, 6) is -1.95. The van der Waals surface area contributed by atoms with E-state index in [0.29, 0.717) is 17.0 Å². The number of amides is 1. The lowest BCUT2D eigenvalue weighted by atomic mass is 10.2. The third kappa shape index (κ3) is 3.16. The zero-order valence-corrected chi connectivity index (χ0v) is 12.1. The van der Waals surface area contributed by atoms with E-state index in [1.807, 2.05) is 0 Å². The molecule has 0 spiro atoms. The van der Waals surface area contributed by atoms with Crippen LogP contribution < -0.4 is 5.32 Å². The first kappa shape index (κ1) is 15.4. The van der Waals surface area contributed by atoms with Gasteiger partial charge in [-0.25, -0.2) is 4.39 Å². The number of alkyl halides is 3. The van der Waals surface area contributed by atoms with Crippen LogP contribution in [0.3, 0.4) is 0 Å². The van der Waals surface area contributed by atoms with E-state index in [1.54, 1.807) is 24.5 Å². The standard InChI is InChI=1S/C15H8F4N2OS/c16-11-2-1-9(6-10(11)15(17,18)19)21-14(22)13-5-8-7-20-4-3-12(8)23-13/h1-7H,(H,21,22). The van der Waals surface area contributed by atoms with E-state index < -0.39 is 23.5 Å². The topological polar surface area (TPSA) is 42.0 Å². The Balaban J connectivity index is 1.88. The van der Waals surface area contributed by atoms with Crippen LogP contribution in [0.25, 0.3) is 10.1 Å². The van der Waals surface area contributed by atoms with Crippen LogP contribution in [0, 0.1) is 5.82 Å². The predicted molar refractivity (Wildman–Crippen MR) is 79.0 cm³/mol. The van der Waals surface area contributed by atoms with Crippen molar-refractivity contribution in [3.05, 3.63) is 59.0 Å². The molecule has 0 unspecified atom stereocenters. The number of aromatic nitrogens is 1. The maximum absolute atomic E-state index is 13.2. The molecule has 0 aliphatic heterocycles. The van der Waals surface area contributed by atoms with Gasteiger partial charge in [0, 0.05) is 28.2 Å². The predicted octanol–water partition coefficient (Wildman–Crippen LogP) is 4.71. The molecule has 0 aliphatic carbocycles. The second-order valence-corrected chi connectivity index (χ2v) is 5.75. The number of nitrogens with one attached hydrogen (secondary N) is 1. The van der Waals surface area contributed by atoms with Gasteiger partial charge in [0.2, 0.25) is 0 Å². The maximum atomic E-state index is 13.2. The number of rotatable bonds is 2. The molecule has 1 aromatic carbocycles. The normalized spacial score (nSPS) is 11.7. The molecule has 3 nitrogen and oxygen atoms in total. The van der Waals surface area contributed by atoms with Crippen LogP contribution in [0.1, 0.15) is 15.2 Å². The Morgan fingerprint density at radius 3 is 2.65 bits per heavy atom. The Bertz CT molecular complexity index is 856. The van der Waals surface area contributed by atoms with Crippen LogP contribution in [0.15, 0.2) is 42.7 Å². The van der Waals surface area contributed by atoms with Gasteiger partial charge >= 0.3 is 6.18 Å². The minimum absolute atomic E-state index is 0.126. The van der Waals surface area contributed by atoms with Crippen LogP contribution >= 0.6 is 11.3 Å². The number of carbonyl (C=O) groups excluding carboxylic acids is 1. The van der Waals surface area contributed by atoms with E-state index in [4.69, 9.17) is 0 Å². The molecule has 8 heteroatoms. The fourth-order valence-electron chi connectivity index (χ4n) is 2.01. The summed E-state index contributed by atoms with van der Waals surface area (Å²) in [4.78, 5) is 16.4. The molecule has 2 aromatic heterocycles. The fraction of sp³-hybridized carbons (Fsp3) is 0.0667. The molecular formula is C15H8F4N2OS. The Kier molecular flexibility index (Phi) is 3.77. The zero-order chi connectivity index (χ0) is 16.6. The first-order chi connectivity index (χ1) is 10.8. The summed E-state index contributed by atoms with van der Waals surface area (Å²) in [7, 11) is 0.